The number of hydrogen-bond acceptors (Lipinski definition) is 6. The smallest absolute Gasteiger partial charge is 0.255 e. The number of pyridine rings is 2. The number of aromatic nitrogens is 4. The second-order valence-electron chi connectivity index (χ2n) is 7.22. The van der Waals surface area contributed by atoms with Crippen LogP contribution in [0.1, 0.15) is 34.9 Å². The Bertz CT molecular complexity index is 1170. The molecule has 0 aliphatic carbocycles. The van der Waals surface area contributed by atoms with Gasteiger partial charge >= 0.3 is 0 Å². The lowest BCUT2D eigenvalue weighted by molar-refractivity contribution is 0.0735. The molecule has 0 spiro atoms. The maximum Gasteiger partial charge on any atom is 0.255 e. The van der Waals surface area contributed by atoms with E-state index in [4.69, 9.17) is 0 Å². The van der Waals surface area contributed by atoms with Gasteiger partial charge in [0.1, 0.15) is 5.82 Å². The van der Waals surface area contributed by atoms with Crippen molar-refractivity contribution in [1.29, 1.82) is 0 Å². The molecule has 1 aliphatic heterocycles. The molecule has 148 valence electrons. The summed E-state index contributed by atoms with van der Waals surface area (Å²) in [7, 11) is 0. The number of nitrogens with one attached hydrogen (secondary N) is 1. The van der Waals surface area contributed by atoms with Gasteiger partial charge in [0.05, 0.1) is 35.3 Å². The molecule has 7 nitrogen and oxygen atoms in total. The highest BCUT2D eigenvalue weighted by Crippen LogP contribution is 2.33. The van der Waals surface area contributed by atoms with E-state index >= 15 is 0 Å². The van der Waals surface area contributed by atoms with Gasteiger partial charge in [0.15, 0.2) is 0 Å². The van der Waals surface area contributed by atoms with Crippen LogP contribution >= 0.6 is 0 Å². The minimum Gasteiger partial charge on any atom is -0.338 e. The third-order valence-corrected chi connectivity index (χ3v) is 5.35. The summed E-state index contributed by atoms with van der Waals surface area (Å²) >= 11 is 0. The van der Waals surface area contributed by atoms with Gasteiger partial charge in [-0.3, -0.25) is 19.7 Å². The van der Waals surface area contributed by atoms with Crippen molar-refractivity contribution < 1.29 is 4.79 Å². The van der Waals surface area contributed by atoms with Crippen LogP contribution < -0.4 is 5.32 Å². The van der Waals surface area contributed by atoms with Crippen LogP contribution in [0.15, 0.2) is 73.4 Å². The Hall–Kier alpha value is -3.87. The zero-order valence-corrected chi connectivity index (χ0v) is 16.3. The van der Waals surface area contributed by atoms with Crippen molar-refractivity contribution in [3.05, 3.63) is 84.7 Å². The van der Waals surface area contributed by atoms with Crippen LogP contribution in [0.3, 0.4) is 0 Å². The number of carbonyl (C=O) groups is 1. The van der Waals surface area contributed by atoms with Crippen molar-refractivity contribution in [1.82, 2.24) is 24.8 Å². The van der Waals surface area contributed by atoms with E-state index in [2.05, 4.69) is 25.3 Å². The van der Waals surface area contributed by atoms with E-state index < -0.39 is 0 Å². The van der Waals surface area contributed by atoms with Gasteiger partial charge in [0.2, 0.25) is 0 Å². The molecule has 4 heterocycles. The summed E-state index contributed by atoms with van der Waals surface area (Å²) in [6, 6.07) is 13.4. The number of fused-ring (bicyclic) bond motifs is 1. The van der Waals surface area contributed by atoms with Gasteiger partial charge in [-0.05, 0) is 43.2 Å². The van der Waals surface area contributed by atoms with E-state index in [-0.39, 0.29) is 11.9 Å². The van der Waals surface area contributed by atoms with E-state index in [9.17, 15) is 4.79 Å². The third kappa shape index (κ3) is 3.45. The van der Waals surface area contributed by atoms with Gasteiger partial charge in [0, 0.05) is 36.1 Å². The molecule has 3 aromatic heterocycles. The Morgan fingerprint density at radius 1 is 0.967 bits per heavy atom. The monoisotopic (exact) mass is 396 g/mol. The highest BCUT2D eigenvalue weighted by atomic mass is 16.2. The summed E-state index contributed by atoms with van der Waals surface area (Å²) in [5.74, 6) is 0.689. The molecule has 30 heavy (non-hydrogen) atoms. The lowest BCUT2D eigenvalue weighted by atomic mass is 10.1. The second kappa shape index (κ2) is 7.87. The predicted octanol–water partition coefficient (Wildman–Crippen LogP) is 4.14. The molecule has 5 rings (SSSR count). The van der Waals surface area contributed by atoms with E-state index in [1.54, 1.807) is 31.0 Å². The first-order valence-electron chi connectivity index (χ1n) is 9.93. The quantitative estimate of drug-likeness (QED) is 0.558. The Kier molecular flexibility index (Phi) is 4.77. The summed E-state index contributed by atoms with van der Waals surface area (Å²) in [4.78, 5) is 32.6. The Labute approximate surface area is 173 Å². The van der Waals surface area contributed by atoms with Crippen molar-refractivity contribution in [2.75, 3.05) is 11.9 Å². The maximum atomic E-state index is 13.4. The lowest BCUT2D eigenvalue weighted by Gasteiger charge is -2.25. The molecule has 0 bridgehead atoms. The molecule has 1 amide bonds. The van der Waals surface area contributed by atoms with Gasteiger partial charge in [-0.15, -0.1) is 0 Å². The molecule has 0 radical (unpaired) electrons. The number of rotatable bonds is 4. The van der Waals surface area contributed by atoms with Gasteiger partial charge in [0.25, 0.3) is 5.91 Å². The van der Waals surface area contributed by atoms with E-state index in [0.717, 1.165) is 41.7 Å². The molecule has 1 saturated heterocycles. The predicted molar refractivity (Wildman–Crippen MR) is 114 cm³/mol. The molecular formula is C23H20N6O. The minimum atomic E-state index is -0.0324. The largest absolute Gasteiger partial charge is 0.338 e. The fourth-order valence-electron chi connectivity index (χ4n) is 3.95. The van der Waals surface area contributed by atoms with Crippen LogP contribution in [-0.4, -0.2) is 37.3 Å². The van der Waals surface area contributed by atoms with Crippen molar-refractivity contribution in [3.8, 4) is 0 Å². The van der Waals surface area contributed by atoms with Crippen molar-refractivity contribution in [3.63, 3.8) is 0 Å². The molecule has 1 fully saturated rings. The normalized spacial score (nSPS) is 16.0. The highest BCUT2D eigenvalue weighted by molar-refractivity contribution is 6.06. The Morgan fingerprint density at radius 2 is 1.93 bits per heavy atom. The first-order chi connectivity index (χ1) is 14.8. The van der Waals surface area contributed by atoms with Crippen molar-refractivity contribution in [2.24, 2.45) is 0 Å². The van der Waals surface area contributed by atoms with Crippen LogP contribution in [0.5, 0.6) is 0 Å². The van der Waals surface area contributed by atoms with E-state index in [0.29, 0.717) is 11.4 Å². The molecule has 1 atom stereocenters. The molecule has 1 N–H and O–H groups in total. The van der Waals surface area contributed by atoms with E-state index in [1.165, 1.54) is 0 Å². The average Bonchev–Trinajstić information content (AvgIpc) is 3.29. The third-order valence-electron chi connectivity index (χ3n) is 5.35. The fourth-order valence-corrected chi connectivity index (χ4v) is 3.95. The van der Waals surface area contributed by atoms with Gasteiger partial charge in [-0.2, -0.15) is 0 Å². The standard InChI is InChI=1S/C23H20N6O/c30-23(18-4-1-6-19-17(18)5-2-10-25-19)29-13-3-7-21(29)20-9-8-16(14-27-20)28-22-15-24-11-12-26-22/h1-2,4-6,8-12,14-15,21H,3,7,13H2,(H,26,28)/t21-/m0/s1. The summed E-state index contributed by atoms with van der Waals surface area (Å²) in [6.45, 7) is 0.724. The second-order valence-corrected chi connectivity index (χ2v) is 7.22. The highest BCUT2D eigenvalue weighted by Gasteiger charge is 2.32. The number of nitrogens with zero attached hydrogens (tertiary/aromatic N) is 5. The number of likely N-dealkylation sites (tertiary alicyclic amines) is 1. The summed E-state index contributed by atoms with van der Waals surface area (Å²) in [5.41, 5.74) is 3.24. The van der Waals surface area contributed by atoms with Crippen LogP contribution in [0.4, 0.5) is 11.5 Å². The number of hydrogen-bond donors (Lipinski definition) is 1. The summed E-state index contributed by atoms with van der Waals surface area (Å²) in [5, 5.41) is 4.06. The molecule has 4 aromatic rings. The zero-order chi connectivity index (χ0) is 20.3. The molecule has 7 heteroatoms. The zero-order valence-electron chi connectivity index (χ0n) is 16.3. The number of benzene rings is 1. The minimum absolute atomic E-state index is 0.0275. The number of amides is 1. The van der Waals surface area contributed by atoms with Gasteiger partial charge in [-0.1, -0.05) is 12.1 Å². The molecule has 1 aromatic carbocycles. The van der Waals surface area contributed by atoms with Gasteiger partial charge < -0.3 is 10.2 Å². The summed E-state index contributed by atoms with van der Waals surface area (Å²) < 4.78 is 0. The van der Waals surface area contributed by atoms with Gasteiger partial charge in [-0.25, -0.2) is 4.98 Å². The fraction of sp³-hybridized carbons (Fsp3) is 0.174. The summed E-state index contributed by atoms with van der Waals surface area (Å²) in [6.07, 6.45) is 10.3. The maximum absolute atomic E-state index is 13.4. The molecule has 1 aliphatic rings. The SMILES string of the molecule is O=C(c1cccc2ncccc12)N1CCC[C@H]1c1ccc(Nc2cnccn2)cn1. The number of carbonyl (C=O) groups excluding carboxylic acids is 1. The Morgan fingerprint density at radius 3 is 2.77 bits per heavy atom. The van der Waals surface area contributed by atoms with Crippen LogP contribution in [-0.2, 0) is 0 Å². The number of anilines is 2. The van der Waals surface area contributed by atoms with Crippen LogP contribution in [0.2, 0.25) is 0 Å². The Balaban J connectivity index is 1.39. The average molecular weight is 396 g/mol. The molecular weight excluding hydrogens is 376 g/mol. The van der Waals surface area contributed by atoms with Crippen molar-refractivity contribution in [2.45, 2.75) is 18.9 Å². The first-order valence-corrected chi connectivity index (χ1v) is 9.93. The lowest BCUT2D eigenvalue weighted by Crippen LogP contribution is -2.31. The molecule has 0 unspecified atom stereocenters. The van der Waals surface area contributed by atoms with Crippen LogP contribution in [0, 0.1) is 0 Å². The molecule has 0 saturated carbocycles. The topological polar surface area (TPSA) is 83.9 Å². The van der Waals surface area contributed by atoms with E-state index in [1.807, 2.05) is 47.4 Å². The first kappa shape index (κ1) is 18.2. The van der Waals surface area contributed by atoms with Crippen molar-refractivity contribution >= 4 is 28.3 Å². The van der Waals surface area contributed by atoms with Crippen LogP contribution in [0.25, 0.3) is 10.9 Å².